The second-order valence-electron chi connectivity index (χ2n) is 7.69. The maximum absolute atomic E-state index is 12.7. The van der Waals surface area contributed by atoms with E-state index in [1.54, 1.807) is 18.6 Å². The van der Waals surface area contributed by atoms with E-state index in [-0.39, 0.29) is 5.91 Å². The number of hydrogen-bond acceptors (Lipinski definition) is 4. The van der Waals surface area contributed by atoms with E-state index < -0.39 is 0 Å². The minimum atomic E-state index is -0.121. The van der Waals surface area contributed by atoms with Crippen molar-refractivity contribution in [1.29, 1.82) is 0 Å². The molecule has 1 amide bonds. The van der Waals surface area contributed by atoms with Crippen molar-refractivity contribution in [3.63, 3.8) is 0 Å². The predicted octanol–water partition coefficient (Wildman–Crippen LogP) is 4.34. The summed E-state index contributed by atoms with van der Waals surface area (Å²) >= 11 is 0. The van der Waals surface area contributed by atoms with Crippen molar-refractivity contribution < 1.29 is 4.79 Å². The zero-order valence-corrected chi connectivity index (χ0v) is 17.1. The molecule has 152 valence electrons. The molecular formula is C25H21N5O. The minimum Gasteiger partial charge on any atom is -0.348 e. The van der Waals surface area contributed by atoms with Gasteiger partial charge in [0.2, 0.25) is 0 Å². The zero-order valence-electron chi connectivity index (χ0n) is 17.1. The number of nitrogens with one attached hydrogen (secondary N) is 2. The Kier molecular flexibility index (Phi) is 4.88. The van der Waals surface area contributed by atoms with Crippen LogP contribution < -0.4 is 5.32 Å². The van der Waals surface area contributed by atoms with Gasteiger partial charge in [0.15, 0.2) is 0 Å². The number of nitrogens with zero attached hydrogens (tertiary/aromatic N) is 3. The van der Waals surface area contributed by atoms with Crippen LogP contribution in [0.5, 0.6) is 0 Å². The average Bonchev–Trinajstić information content (AvgIpc) is 3.25. The number of benzene rings is 2. The number of aryl methyl sites for hydroxylation is 1. The standard InChI is InChI=1S/C25H21N5O/c1-16-8-20-9-17(2-4-22(20)27-13-16)10-21-12-19(6-7-26-21)25(31)28-14-18-3-5-23-24(11-18)30-15-29-23/h2-9,11-13,15H,10,14H2,1H3,(H,28,31)(H,29,30). The van der Waals surface area contributed by atoms with Gasteiger partial charge in [-0.2, -0.15) is 0 Å². The fourth-order valence-electron chi connectivity index (χ4n) is 3.70. The summed E-state index contributed by atoms with van der Waals surface area (Å²) in [5.41, 5.74) is 7.57. The fourth-order valence-corrected chi connectivity index (χ4v) is 3.70. The molecule has 0 fully saturated rings. The van der Waals surface area contributed by atoms with Crippen LogP contribution in [0.3, 0.4) is 0 Å². The number of aromatic nitrogens is 4. The summed E-state index contributed by atoms with van der Waals surface area (Å²) in [6.45, 7) is 2.48. The van der Waals surface area contributed by atoms with Gasteiger partial charge in [0.25, 0.3) is 5.91 Å². The van der Waals surface area contributed by atoms with Gasteiger partial charge in [-0.15, -0.1) is 0 Å². The first kappa shape index (κ1) is 18.9. The van der Waals surface area contributed by atoms with Crippen LogP contribution in [0.1, 0.15) is 32.7 Å². The third-order valence-electron chi connectivity index (χ3n) is 5.29. The molecule has 2 aromatic carbocycles. The smallest absolute Gasteiger partial charge is 0.251 e. The number of imidazole rings is 1. The maximum Gasteiger partial charge on any atom is 0.251 e. The van der Waals surface area contributed by atoms with Crippen LogP contribution in [-0.4, -0.2) is 25.8 Å². The molecule has 5 aromatic rings. The van der Waals surface area contributed by atoms with Gasteiger partial charge in [0, 0.05) is 42.0 Å². The average molecular weight is 407 g/mol. The van der Waals surface area contributed by atoms with Crippen molar-refractivity contribution in [1.82, 2.24) is 25.3 Å². The van der Waals surface area contributed by atoms with Crippen LogP contribution in [0.15, 0.2) is 73.3 Å². The highest BCUT2D eigenvalue weighted by Crippen LogP contribution is 2.18. The van der Waals surface area contributed by atoms with Crippen molar-refractivity contribution in [2.75, 3.05) is 0 Å². The number of fused-ring (bicyclic) bond motifs is 2. The number of hydrogen-bond donors (Lipinski definition) is 2. The van der Waals surface area contributed by atoms with Crippen LogP contribution in [0.25, 0.3) is 21.9 Å². The second-order valence-corrected chi connectivity index (χ2v) is 7.69. The topological polar surface area (TPSA) is 83.6 Å². The molecule has 0 spiro atoms. The SMILES string of the molecule is Cc1cnc2ccc(Cc3cc(C(=O)NCc4ccc5[nH]cnc5c4)ccn3)cc2c1. The molecule has 6 nitrogen and oxygen atoms in total. The first-order valence-electron chi connectivity index (χ1n) is 10.1. The number of H-pyrrole nitrogens is 1. The largest absolute Gasteiger partial charge is 0.348 e. The molecule has 0 aliphatic heterocycles. The number of pyridine rings is 2. The lowest BCUT2D eigenvalue weighted by Gasteiger charge is -2.08. The molecule has 0 bridgehead atoms. The van der Waals surface area contributed by atoms with Crippen LogP contribution >= 0.6 is 0 Å². The Labute approximate surface area is 179 Å². The Morgan fingerprint density at radius 1 is 0.935 bits per heavy atom. The van der Waals surface area contributed by atoms with Gasteiger partial charge in [0.1, 0.15) is 0 Å². The molecule has 0 saturated carbocycles. The lowest BCUT2D eigenvalue weighted by Crippen LogP contribution is -2.23. The molecule has 0 atom stereocenters. The summed E-state index contributed by atoms with van der Waals surface area (Å²) in [7, 11) is 0. The molecular weight excluding hydrogens is 386 g/mol. The minimum absolute atomic E-state index is 0.121. The van der Waals surface area contributed by atoms with Crippen molar-refractivity contribution in [2.45, 2.75) is 19.9 Å². The summed E-state index contributed by atoms with van der Waals surface area (Å²) in [5, 5.41) is 4.09. The predicted molar refractivity (Wildman–Crippen MR) is 121 cm³/mol. The molecule has 0 aliphatic rings. The lowest BCUT2D eigenvalue weighted by molar-refractivity contribution is 0.0950. The molecule has 6 heteroatoms. The zero-order chi connectivity index (χ0) is 21.2. The maximum atomic E-state index is 12.7. The Bertz CT molecular complexity index is 1410. The first-order chi connectivity index (χ1) is 15.1. The van der Waals surface area contributed by atoms with Crippen molar-refractivity contribution in [2.24, 2.45) is 0 Å². The number of carbonyl (C=O) groups excluding carboxylic acids is 1. The van der Waals surface area contributed by atoms with Gasteiger partial charge in [-0.25, -0.2) is 4.98 Å². The molecule has 0 aliphatic carbocycles. The molecule has 0 radical (unpaired) electrons. The van der Waals surface area contributed by atoms with E-state index in [1.807, 2.05) is 43.5 Å². The summed E-state index contributed by atoms with van der Waals surface area (Å²) < 4.78 is 0. The third kappa shape index (κ3) is 4.14. The van der Waals surface area contributed by atoms with E-state index in [1.165, 1.54) is 0 Å². The summed E-state index contributed by atoms with van der Waals surface area (Å²) in [6, 6.07) is 17.9. The van der Waals surface area contributed by atoms with Gasteiger partial charge in [-0.3, -0.25) is 14.8 Å². The quantitative estimate of drug-likeness (QED) is 0.454. The lowest BCUT2D eigenvalue weighted by atomic mass is 10.0. The van der Waals surface area contributed by atoms with Crippen molar-refractivity contribution in [3.8, 4) is 0 Å². The molecule has 31 heavy (non-hydrogen) atoms. The molecule has 5 rings (SSSR count). The number of rotatable bonds is 5. The van der Waals surface area contributed by atoms with E-state index in [2.05, 4.69) is 43.5 Å². The van der Waals surface area contributed by atoms with Crippen LogP contribution in [0.4, 0.5) is 0 Å². The summed E-state index contributed by atoms with van der Waals surface area (Å²) in [5.74, 6) is -0.121. The van der Waals surface area contributed by atoms with Crippen LogP contribution in [-0.2, 0) is 13.0 Å². The summed E-state index contributed by atoms with van der Waals surface area (Å²) in [6.07, 6.45) is 5.88. The normalized spacial score (nSPS) is 11.1. The fraction of sp³-hybridized carbons (Fsp3) is 0.120. The van der Waals surface area contributed by atoms with Gasteiger partial charge in [-0.1, -0.05) is 12.1 Å². The van der Waals surface area contributed by atoms with Gasteiger partial charge in [0.05, 0.1) is 22.9 Å². The molecule has 0 unspecified atom stereocenters. The van der Waals surface area contributed by atoms with Gasteiger partial charge >= 0.3 is 0 Å². The molecule has 3 heterocycles. The molecule has 0 saturated heterocycles. The highest BCUT2D eigenvalue weighted by Gasteiger charge is 2.09. The van der Waals surface area contributed by atoms with E-state index in [0.29, 0.717) is 18.5 Å². The van der Waals surface area contributed by atoms with E-state index >= 15 is 0 Å². The van der Waals surface area contributed by atoms with Crippen molar-refractivity contribution in [3.05, 3.63) is 101 Å². The Morgan fingerprint density at radius 3 is 2.77 bits per heavy atom. The van der Waals surface area contributed by atoms with Crippen LogP contribution in [0.2, 0.25) is 0 Å². The summed E-state index contributed by atoms with van der Waals surface area (Å²) in [4.78, 5) is 28.9. The Balaban J connectivity index is 1.29. The first-order valence-corrected chi connectivity index (χ1v) is 10.1. The van der Waals surface area contributed by atoms with Crippen LogP contribution in [0, 0.1) is 6.92 Å². The monoisotopic (exact) mass is 407 g/mol. The van der Waals surface area contributed by atoms with Gasteiger partial charge < -0.3 is 10.3 Å². The van der Waals surface area contributed by atoms with E-state index in [4.69, 9.17) is 0 Å². The number of carbonyl (C=O) groups is 1. The number of amides is 1. The number of aromatic amines is 1. The second kappa shape index (κ2) is 7.99. The van der Waals surface area contributed by atoms with E-state index in [9.17, 15) is 4.79 Å². The Morgan fingerprint density at radius 2 is 1.84 bits per heavy atom. The van der Waals surface area contributed by atoms with Crippen molar-refractivity contribution >= 4 is 27.8 Å². The highest BCUT2D eigenvalue weighted by molar-refractivity contribution is 5.94. The molecule has 3 aromatic heterocycles. The van der Waals surface area contributed by atoms with Gasteiger partial charge in [-0.05, 0) is 66.1 Å². The van der Waals surface area contributed by atoms with E-state index in [0.717, 1.165) is 44.3 Å². The Hall–Kier alpha value is -4.06. The third-order valence-corrected chi connectivity index (χ3v) is 5.29. The molecule has 2 N–H and O–H groups in total. The highest BCUT2D eigenvalue weighted by atomic mass is 16.1.